The lowest BCUT2D eigenvalue weighted by Gasteiger charge is -2.28. The number of amides is 1. The Morgan fingerprint density at radius 3 is 2.53 bits per heavy atom. The Balaban J connectivity index is 2.08. The Morgan fingerprint density at radius 2 is 1.95 bits per heavy atom. The molecule has 2 rings (SSSR count). The van der Waals surface area contributed by atoms with E-state index in [2.05, 4.69) is 10.3 Å². The summed E-state index contributed by atoms with van der Waals surface area (Å²) in [5.74, 6) is -2.65. The molecule has 1 N–H and O–H groups in total. The number of halogens is 1. The Bertz CT molecular complexity index is 513. The van der Waals surface area contributed by atoms with Gasteiger partial charge >= 0.3 is 0 Å². The molecule has 1 heterocycles. The molecule has 6 heteroatoms. The summed E-state index contributed by atoms with van der Waals surface area (Å²) in [6, 6.07) is 3.16. The molecular weight excluding hydrogens is 268 g/mol. The van der Waals surface area contributed by atoms with Crippen molar-refractivity contribution >= 4 is 29.3 Å². The number of hydrogen-bond acceptors (Lipinski definition) is 4. The van der Waals surface area contributed by atoms with Crippen molar-refractivity contribution in [3.8, 4) is 0 Å². The van der Waals surface area contributed by atoms with E-state index in [0.717, 1.165) is 0 Å². The SMILES string of the molecule is O=C([O-])[C@H]1CC=CC[C@H]1C(=O)Nc1ccc(Cl)cn1. The lowest BCUT2D eigenvalue weighted by atomic mass is 9.82. The summed E-state index contributed by atoms with van der Waals surface area (Å²) in [5.41, 5.74) is 0. The van der Waals surface area contributed by atoms with Gasteiger partial charge in [0.25, 0.3) is 0 Å². The smallest absolute Gasteiger partial charge is 0.229 e. The normalized spacial score (nSPS) is 21.9. The van der Waals surface area contributed by atoms with Crippen molar-refractivity contribution in [2.45, 2.75) is 12.8 Å². The largest absolute Gasteiger partial charge is 0.550 e. The standard InChI is InChI=1S/C13H13ClN2O3/c14-8-5-6-11(15-7-8)16-12(17)9-3-1-2-4-10(9)13(18)19/h1-2,5-7,9-10H,3-4H2,(H,18,19)(H,15,16,17)/p-1/t9-,10+/m1/s1. The third-order valence-corrected chi connectivity index (χ3v) is 3.27. The van der Waals surface area contributed by atoms with Gasteiger partial charge in [-0.2, -0.15) is 0 Å². The Labute approximate surface area is 115 Å². The fourth-order valence-electron chi connectivity index (χ4n) is 2.03. The van der Waals surface area contributed by atoms with Crippen LogP contribution < -0.4 is 10.4 Å². The van der Waals surface area contributed by atoms with E-state index < -0.39 is 17.8 Å². The average molecular weight is 280 g/mol. The first-order valence-electron chi connectivity index (χ1n) is 5.86. The number of allylic oxidation sites excluding steroid dienone is 2. The number of aromatic nitrogens is 1. The van der Waals surface area contributed by atoms with Crippen molar-refractivity contribution in [3.05, 3.63) is 35.5 Å². The maximum atomic E-state index is 12.1. The lowest BCUT2D eigenvalue weighted by Crippen LogP contribution is -2.41. The van der Waals surface area contributed by atoms with Gasteiger partial charge in [0, 0.05) is 18.1 Å². The van der Waals surface area contributed by atoms with Crippen LogP contribution in [0.2, 0.25) is 5.02 Å². The van der Waals surface area contributed by atoms with Crippen molar-refractivity contribution in [3.63, 3.8) is 0 Å². The predicted molar refractivity (Wildman–Crippen MR) is 68.2 cm³/mol. The average Bonchev–Trinajstić information content (AvgIpc) is 2.41. The third-order valence-electron chi connectivity index (χ3n) is 3.05. The molecular formula is C13H12ClN2O3-. The van der Waals surface area contributed by atoms with Crippen LogP contribution in [-0.2, 0) is 9.59 Å². The van der Waals surface area contributed by atoms with Gasteiger partial charge in [0.1, 0.15) is 5.82 Å². The highest BCUT2D eigenvalue weighted by Gasteiger charge is 2.29. The zero-order valence-corrected chi connectivity index (χ0v) is 10.8. The van der Waals surface area contributed by atoms with Crippen molar-refractivity contribution in [2.24, 2.45) is 11.8 Å². The van der Waals surface area contributed by atoms with E-state index in [1.165, 1.54) is 6.20 Å². The number of rotatable bonds is 3. The van der Waals surface area contributed by atoms with E-state index in [9.17, 15) is 14.7 Å². The molecule has 1 amide bonds. The van der Waals surface area contributed by atoms with Crippen LogP contribution >= 0.6 is 11.6 Å². The molecule has 0 saturated heterocycles. The van der Waals surface area contributed by atoms with Crippen LogP contribution in [0.4, 0.5) is 5.82 Å². The zero-order chi connectivity index (χ0) is 13.8. The molecule has 2 atom stereocenters. The van der Waals surface area contributed by atoms with Crippen LogP contribution in [0.1, 0.15) is 12.8 Å². The van der Waals surface area contributed by atoms with E-state index >= 15 is 0 Å². The van der Waals surface area contributed by atoms with E-state index in [0.29, 0.717) is 23.7 Å². The number of carbonyl (C=O) groups is 2. The minimum atomic E-state index is -1.20. The van der Waals surface area contributed by atoms with Crippen molar-refractivity contribution in [1.29, 1.82) is 0 Å². The van der Waals surface area contributed by atoms with Crippen LogP contribution in [0.3, 0.4) is 0 Å². The first-order valence-corrected chi connectivity index (χ1v) is 6.24. The fraction of sp³-hybridized carbons (Fsp3) is 0.308. The molecule has 1 aliphatic carbocycles. The Morgan fingerprint density at radius 1 is 1.26 bits per heavy atom. The quantitative estimate of drug-likeness (QED) is 0.837. The molecule has 0 aliphatic heterocycles. The Kier molecular flexibility index (Phi) is 4.16. The number of carbonyl (C=O) groups excluding carboxylic acids is 2. The molecule has 0 saturated carbocycles. The van der Waals surface area contributed by atoms with Crippen LogP contribution in [0.15, 0.2) is 30.5 Å². The van der Waals surface area contributed by atoms with Gasteiger partial charge in [-0.3, -0.25) is 4.79 Å². The molecule has 5 nitrogen and oxygen atoms in total. The number of hydrogen-bond donors (Lipinski definition) is 1. The molecule has 1 aromatic rings. The number of nitrogens with zero attached hydrogens (tertiary/aromatic N) is 1. The molecule has 0 radical (unpaired) electrons. The lowest BCUT2D eigenvalue weighted by molar-refractivity contribution is -0.313. The van der Waals surface area contributed by atoms with Crippen molar-refractivity contribution in [2.75, 3.05) is 5.32 Å². The van der Waals surface area contributed by atoms with Gasteiger partial charge in [-0.1, -0.05) is 23.8 Å². The van der Waals surface area contributed by atoms with Gasteiger partial charge in [-0.15, -0.1) is 0 Å². The van der Waals surface area contributed by atoms with Crippen LogP contribution in [0, 0.1) is 11.8 Å². The highest BCUT2D eigenvalue weighted by molar-refractivity contribution is 6.30. The summed E-state index contributed by atoms with van der Waals surface area (Å²) in [4.78, 5) is 27.0. The number of carboxylic acid groups (broad SMARTS) is 1. The second-order valence-electron chi connectivity index (χ2n) is 4.33. The molecule has 0 spiro atoms. The third kappa shape index (κ3) is 3.32. The summed E-state index contributed by atoms with van der Waals surface area (Å²) in [5, 5.41) is 14.1. The zero-order valence-electron chi connectivity index (χ0n) is 10.0. The van der Waals surface area contributed by atoms with Gasteiger partial charge < -0.3 is 15.2 Å². The van der Waals surface area contributed by atoms with Gasteiger partial charge in [0.05, 0.1) is 10.9 Å². The molecule has 0 aromatic carbocycles. The van der Waals surface area contributed by atoms with Crippen LogP contribution in [0.25, 0.3) is 0 Å². The van der Waals surface area contributed by atoms with E-state index in [-0.39, 0.29) is 5.91 Å². The number of pyridine rings is 1. The van der Waals surface area contributed by atoms with Gasteiger partial charge in [0.2, 0.25) is 5.91 Å². The first kappa shape index (κ1) is 13.5. The minimum absolute atomic E-state index is 0.314. The maximum Gasteiger partial charge on any atom is 0.229 e. The summed E-state index contributed by atoms with van der Waals surface area (Å²) >= 11 is 5.69. The summed E-state index contributed by atoms with van der Waals surface area (Å²) < 4.78 is 0. The van der Waals surface area contributed by atoms with E-state index in [1.54, 1.807) is 24.3 Å². The summed E-state index contributed by atoms with van der Waals surface area (Å²) in [6.07, 6.45) is 5.67. The number of nitrogens with one attached hydrogen (secondary N) is 1. The van der Waals surface area contributed by atoms with Gasteiger partial charge in [0.15, 0.2) is 0 Å². The molecule has 100 valence electrons. The molecule has 0 bridgehead atoms. The fourth-order valence-corrected chi connectivity index (χ4v) is 2.14. The molecule has 1 aliphatic rings. The topological polar surface area (TPSA) is 82.1 Å². The molecule has 1 aromatic heterocycles. The molecule has 0 unspecified atom stereocenters. The van der Waals surface area contributed by atoms with E-state index in [4.69, 9.17) is 11.6 Å². The minimum Gasteiger partial charge on any atom is -0.550 e. The van der Waals surface area contributed by atoms with E-state index in [1.807, 2.05) is 0 Å². The van der Waals surface area contributed by atoms with Crippen LogP contribution in [-0.4, -0.2) is 16.9 Å². The predicted octanol–water partition coefficient (Wildman–Crippen LogP) is 1.01. The second-order valence-corrected chi connectivity index (χ2v) is 4.76. The number of anilines is 1. The Hall–Kier alpha value is -1.88. The second kappa shape index (κ2) is 5.84. The molecule has 19 heavy (non-hydrogen) atoms. The number of aliphatic carboxylic acids is 1. The maximum absolute atomic E-state index is 12.1. The molecule has 0 fully saturated rings. The van der Waals surface area contributed by atoms with Crippen molar-refractivity contribution in [1.82, 2.24) is 4.98 Å². The first-order chi connectivity index (χ1) is 9.08. The monoisotopic (exact) mass is 279 g/mol. The van der Waals surface area contributed by atoms with Gasteiger partial charge in [-0.25, -0.2) is 4.98 Å². The highest BCUT2D eigenvalue weighted by Crippen LogP contribution is 2.26. The van der Waals surface area contributed by atoms with Gasteiger partial charge in [-0.05, 0) is 25.0 Å². The summed E-state index contributed by atoms with van der Waals surface area (Å²) in [7, 11) is 0. The van der Waals surface area contributed by atoms with Crippen molar-refractivity contribution < 1.29 is 14.7 Å². The van der Waals surface area contributed by atoms with Crippen LogP contribution in [0.5, 0.6) is 0 Å². The summed E-state index contributed by atoms with van der Waals surface area (Å²) in [6.45, 7) is 0. The highest BCUT2D eigenvalue weighted by atomic mass is 35.5. The number of carboxylic acids is 1.